The lowest BCUT2D eigenvalue weighted by Crippen LogP contribution is -2.23. The highest BCUT2D eigenvalue weighted by atomic mass is 32.1. The molecule has 1 N–H and O–H groups in total. The Morgan fingerprint density at radius 2 is 2.27 bits per heavy atom. The fourth-order valence-electron chi connectivity index (χ4n) is 2.93. The topological polar surface area (TPSA) is 41.1 Å². The molecule has 4 nitrogen and oxygen atoms in total. The highest BCUT2D eigenvalue weighted by Gasteiger charge is 2.22. The van der Waals surface area contributed by atoms with E-state index in [2.05, 4.69) is 38.6 Å². The molecule has 0 radical (unpaired) electrons. The molecule has 1 saturated heterocycles. The van der Waals surface area contributed by atoms with Gasteiger partial charge in [0, 0.05) is 30.7 Å². The molecule has 2 aromatic heterocycles. The second kappa shape index (κ2) is 7.20. The van der Waals surface area contributed by atoms with Crippen LogP contribution < -0.4 is 5.32 Å². The van der Waals surface area contributed by atoms with E-state index in [4.69, 9.17) is 0 Å². The number of nitrogens with zero attached hydrogens (tertiary/aromatic N) is 3. The summed E-state index contributed by atoms with van der Waals surface area (Å²) in [7, 11) is 0. The first kappa shape index (κ1) is 15.4. The summed E-state index contributed by atoms with van der Waals surface area (Å²) < 4.78 is 0. The van der Waals surface area contributed by atoms with Crippen LogP contribution in [-0.2, 0) is 13.0 Å². The normalized spacial score (nSPS) is 18.7. The van der Waals surface area contributed by atoms with Gasteiger partial charge in [-0.05, 0) is 44.4 Å². The standard InChI is InChI=1S/C17H24N4S/c1-3-17-20-15(12-22-17)11-21-8-7-14(10-21)9-18-16-6-4-5-13(2)19-16/h4-6,12,14H,3,7-11H2,1-2H3,(H,18,19). The molecule has 1 atom stereocenters. The maximum atomic E-state index is 4.67. The molecule has 1 aliphatic rings. The highest BCUT2D eigenvalue weighted by molar-refractivity contribution is 7.09. The van der Waals surface area contributed by atoms with E-state index in [1.54, 1.807) is 11.3 Å². The van der Waals surface area contributed by atoms with E-state index in [0.29, 0.717) is 5.92 Å². The van der Waals surface area contributed by atoms with Crippen LogP contribution in [0.25, 0.3) is 0 Å². The molecule has 3 heterocycles. The van der Waals surface area contributed by atoms with Gasteiger partial charge in [-0.1, -0.05) is 13.0 Å². The predicted octanol–water partition coefficient (Wildman–Crippen LogP) is 3.34. The third-order valence-electron chi connectivity index (χ3n) is 4.12. The summed E-state index contributed by atoms with van der Waals surface area (Å²) in [4.78, 5) is 11.7. The lowest BCUT2D eigenvalue weighted by atomic mass is 10.1. The lowest BCUT2D eigenvalue weighted by Gasteiger charge is -2.15. The molecule has 1 aliphatic heterocycles. The van der Waals surface area contributed by atoms with Crippen molar-refractivity contribution in [1.82, 2.24) is 14.9 Å². The smallest absolute Gasteiger partial charge is 0.126 e. The van der Waals surface area contributed by atoms with Gasteiger partial charge in [0.15, 0.2) is 0 Å². The molecule has 2 aromatic rings. The average molecular weight is 316 g/mol. The van der Waals surface area contributed by atoms with Crippen molar-refractivity contribution in [2.24, 2.45) is 5.92 Å². The summed E-state index contributed by atoms with van der Waals surface area (Å²) in [5.41, 5.74) is 2.30. The van der Waals surface area contributed by atoms with Gasteiger partial charge in [0.05, 0.1) is 10.7 Å². The van der Waals surface area contributed by atoms with Gasteiger partial charge < -0.3 is 5.32 Å². The number of aryl methyl sites for hydroxylation is 2. The van der Waals surface area contributed by atoms with Crippen LogP contribution in [0.3, 0.4) is 0 Å². The van der Waals surface area contributed by atoms with Crippen LogP contribution >= 0.6 is 11.3 Å². The largest absolute Gasteiger partial charge is 0.370 e. The predicted molar refractivity (Wildman–Crippen MR) is 92.3 cm³/mol. The van der Waals surface area contributed by atoms with Crippen molar-refractivity contribution < 1.29 is 0 Å². The zero-order chi connectivity index (χ0) is 15.4. The summed E-state index contributed by atoms with van der Waals surface area (Å²) in [5.74, 6) is 1.69. The molecule has 0 bridgehead atoms. The third kappa shape index (κ3) is 4.05. The van der Waals surface area contributed by atoms with Gasteiger partial charge in [0.2, 0.25) is 0 Å². The zero-order valence-corrected chi connectivity index (χ0v) is 14.2. The van der Waals surface area contributed by atoms with Gasteiger partial charge in [0.1, 0.15) is 5.82 Å². The van der Waals surface area contributed by atoms with Crippen LogP contribution in [0.5, 0.6) is 0 Å². The first-order valence-corrected chi connectivity index (χ1v) is 8.94. The van der Waals surface area contributed by atoms with E-state index in [1.165, 1.54) is 23.7 Å². The van der Waals surface area contributed by atoms with Gasteiger partial charge in [-0.3, -0.25) is 4.90 Å². The van der Waals surface area contributed by atoms with E-state index in [1.807, 2.05) is 19.1 Å². The van der Waals surface area contributed by atoms with E-state index in [9.17, 15) is 0 Å². The Bertz CT molecular complexity index is 610. The number of pyridine rings is 1. The summed E-state index contributed by atoms with van der Waals surface area (Å²) >= 11 is 1.78. The fraction of sp³-hybridized carbons (Fsp3) is 0.529. The first-order chi connectivity index (χ1) is 10.7. The molecule has 0 spiro atoms. The number of anilines is 1. The molecular formula is C17H24N4S. The van der Waals surface area contributed by atoms with Crippen molar-refractivity contribution in [3.63, 3.8) is 0 Å². The van der Waals surface area contributed by atoms with Crippen molar-refractivity contribution >= 4 is 17.2 Å². The Morgan fingerprint density at radius 3 is 3.05 bits per heavy atom. The SMILES string of the molecule is CCc1nc(CN2CCC(CNc3cccc(C)n3)C2)cs1. The van der Waals surface area contributed by atoms with E-state index >= 15 is 0 Å². The lowest BCUT2D eigenvalue weighted by molar-refractivity contribution is 0.315. The Hall–Kier alpha value is -1.46. The second-order valence-electron chi connectivity index (χ2n) is 6.02. The molecule has 0 amide bonds. The maximum Gasteiger partial charge on any atom is 0.126 e. The molecule has 22 heavy (non-hydrogen) atoms. The van der Waals surface area contributed by atoms with Crippen molar-refractivity contribution in [3.05, 3.63) is 40.0 Å². The van der Waals surface area contributed by atoms with Crippen molar-refractivity contribution in [3.8, 4) is 0 Å². The number of hydrogen-bond donors (Lipinski definition) is 1. The van der Waals surface area contributed by atoms with Crippen LogP contribution in [0.15, 0.2) is 23.6 Å². The van der Waals surface area contributed by atoms with E-state index in [0.717, 1.165) is 37.6 Å². The van der Waals surface area contributed by atoms with Crippen LogP contribution in [-0.4, -0.2) is 34.5 Å². The average Bonchev–Trinajstić information content (AvgIpc) is 3.15. The van der Waals surface area contributed by atoms with Crippen molar-refractivity contribution in [1.29, 1.82) is 0 Å². The number of thiazole rings is 1. The van der Waals surface area contributed by atoms with Crippen molar-refractivity contribution in [2.45, 2.75) is 33.2 Å². The molecule has 1 unspecified atom stereocenters. The molecule has 3 rings (SSSR count). The number of nitrogens with one attached hydrogen (secondary N) is 1. The van der Waals surface area contributed by atoms with Gasteiger partial charge in [-0.15, -0.1) is 11.3 Å². The number of hydrogen-bond acceptors (Lipinski definition) is 5. The van der Waals surface area contributed by atoms with Crippen LogP contribution in [0.4, 0.5) is 5.82 Å². The van der Waals surface area contributed by atoms with Gasteiger partial charge in [-0.25, -0.2) is 9.97 Å². The Kier molecular flexibility index (Phi) is 5.05. The van der Waals surface area contributed by atoms with Crippen LogP contribution in [0.1, 0.15) is 29.7 Å². The quantitative estimate of drug-likeness (QED) is 0.887. The van der Waals surface area contributed by atoms with Gasteiger partial charge >= 0.3 is 0 Å². The summed E-state index contributed by atoms with van der Waals surface area (Å²) in [6.45, 7) is 8.52. The molecule has 0 aromatic carbocycles. The van der Waals surface area contributed by atoms with Gasteiger partial charge in [-0.2, -0.15) is 0 Å². The van der Waals surface area contributed by atoms with Crippen LogP contribution in [0, 0.1) is 12.8 Å². The molecule has 0 saturated carbocycles. The monoisotopic (exact) mass is 316 g/mol. The minimum absolute atomic E-state index is 0.701. The minimum atomic E-state index is 0.701. The number of likely N-dealkylation sites (tertiary alicyclic amines) is 1. The number of rotatable bonds is 6. The molecule has 118 valence electrons. The Morgan fingerprint density at radius 1 is 1.36 bits per heavy atom. The number of aromatic nitrogens is 2. The van der Waals surface area contributed by atoms with E-state index < -0.39 is 0 Å². The van der Waals surface area contributed by atoms with Gasteiger partial charge in [0.25, 0.3) is 0 Å². The molecule has 1 fully saturated rings. The maximum absolute atomic E-state index is 4.67. The summed E-state index contributed by atoms with van der Waals surface area (Å²) in [6.07, 6.45) is 2.30. The Labute approximate surface area is 136 Å². The fourth-order valence-corrected chi connectivity index (χ4v) is 3.66. The third-order valence-corrected chi connectivity index (χ3v) is 5.16. The van der Waals surface area contributed by atoms with E-state index in [-0.39, 0.29) is 0 Å². The summed E-state index contributed by atoms with van der Waals surface area (Å²) in [5, 5.41) is 6.93. The highest BCUT2D eigenvalue weighted by Crippen LogP contribution is 2.20. The summed E-state index contributed by atoms with van der Waals surface area (Å²) in [6, 6.07) is 6.13. The zero-order valence-electron chi connectivity index (χ0n) is 13.4. The second-order valence-corrected chi connectivity index (χ2v) is 6.96. The minimum Gasteiger partial charge on any atom is -0.370 e. The van der Waals surface area contributed by atoms with Crippen molar-refractivity contribution in [2.75, 3.05) is 25.0 Å². The van der Waals surface area contributed by atoms with Crippen LogP contribution in [0.2, 0.25) is 0 Å². The Balaban J connectivity index is 1.46. The first-order valence-electron chi connectivity index (χ1n) is 8.06. The molecule has 5 heteroatoms. The molecular weight excluding hydrogens is 292 g/mol. The molecule has 0 aliphatic carbocycles.